The largest absolute Gasteiger partial charge is 0.507 e. The SMILES string of the molecule is Oc1cc(Cl)ccc1-c1nnc(N[C@@H]2CCCC[C@H]2O)c2c1CCOC2. The lowest BCUT2D eigenvalue weighted by Crippen LogP contribution is -2.37. The molecule has 0 radical (unpaired) electrons. The minimum atomic E-state index is -0.370. The third-order valence-electron chi connectivity index (χ3n) is 5.20. The number of hydrogen-bond donors (Lipinski definition) is 3. The highest BCUT2D eigenvalue weighted by Gasteiger charge is 2.27. The van der Waals surface area contributed by atoms with Crippen LogP contribution in [-0.4, -0.2) is 39.2 Å². The molecule has 7 heteroatoms. The van der Waals surface area contributed by atoms with Gasteiger partial charge in [-0.25, -0.2) is 0 Å². The zero-order valence-corrected chi connectivity index (χ0v) is 15.2. The molecule has 1 fully saturated rings. The monoisotopic (exact) mass is 375 g/mol. The van der Waals surface area contributed by atoms with Crippen molar-refractivity contribution in [1.82, 2.24) is 10.2 Å². The van der Waals surface area contributed by atoms with Crippen molar-refractivity contribution in [2.45, 2.75) is 50.9 Å². The van der Waals surface area contributed by atoms with Crippen LogP contribution in [0, 0.1) is 0 Å². The Kier molecular flexibility index (Phi) is 4.98. The maximum absolute atomic E-state index is 10.3. The fourth-order valence-corrected chi connectivity index (χ4v) is 3.94. The molecule has 2 aliphatic rings. The van der Waals surface area contributed by atoms with Crippen LogP contribution in [0.1, 0.15) is 36.8 Å². The van der Waals surface area contributed by atoms with Gasteiger partial charge >= 0.3 is 0 Å². The van der Waals surface area contributed by atoms with Gasteiger partial charge in [-0.1, -0.05) is 24.4 Å². The van der Waals surface area contributed by atoms with Gasteiger partial charge in [0.2, 0.25) is 0 Å². The van der Waals surface area contributed by atoms with Gasteiger partial charge in [-0.05, 0) is 43.0 Å². The predicted molar refractivity (Wildman–Crippen MR) is 99.4 cm³/mol. The number of aliphatic hydroxyl groups is 1. The topological polar surface area (TPSA) is 87.5 Å². The molecule has 0 unspecified atom stereocenters. The van der Waals surface area contributed by atoms with E-state index >= 15 is 0 Å². The summed E-state index contributed by atoms with van der Waals surface area (Å²) in [6.07, 6.45) is 4.20. The Morgan fingerprint density at radius 2 is 2.00 bits per heavy atom. The number of ether oxygens (including phenoxy) is 1. The molecule has 0 amide bonds. The lowest BCUT2D eigenvalue weighted by atomic mass is 9.92. The van der Waals surface area contributed by atoms with E-state index in [0.717, 1.165) is 36.8 Å². The van der Waals surface area contributed by atoms with E-state index in [-0.39, 0.29) is 17.9 Å². The molecule has 2 aromatic rings. The summed E-state index contributed by atoms with van der Waals surface area (Å²) in [4.78, 5) is 0. The minimum absolute atomic E-state index is 0.0149. The van der Waals surface area contributed by atoms with Crippen LogP contribution in [0.15, 0.2) is 18.2 Å². The number of rotatable bonds is 3. The molecular weight excluding hydrogens is 354 g/mol. The summed E-state index contributed by atoms with van der Waals surface area (Å²) in [5, 5.41) is 33.1. The van der Waals surface area contributed by atoms with Crippen molar-refractivity contribution in [3.63, 3.8) is 0 Å². The molecule has 1 aromatic heterocycles. The smallest absolute Gasteiger partial charge is 0.154 e. The molecular formula is C19H22ClN3O3. The molecule has 6 nitrogen and oxygen atoms in total. The molecule has 1 aliphatic heterocycles. The Balaban J connectivity index is 1.72. The molecule has 4 rings (SSSR count). The quantitative estimate of drug-likeness (QED) is 0.763. The molecule has 3 N–H and O–H groups in total. The summed E-state index contributed by atoms with van der Waals surface area (Å²) in [6.45, 7) is 1.04. The first-order valence-corrected chi connectivity index (χ1v) is 9.41. The molecule has 0 saturated heterocycles. The normalized spacial score (nSPS) is 22.7. The minimum Gasteiger partial charge on any atom is -0.507 e. The Bertz CT molecular complexity index is 815. The highest BCUT2D eigenvalue weighted by atomic mass is 35.5. The summed E-state index contributed by atoms with van der Waals surface area (Å²) in [5.41, 5.74) is 3.25. The molecule has 26 heavy (non-hydrogen) atoms. The predicted octanol–water partition coefficient (Wildman–Crippen LogP) is 3.29. The van der Waals surface area contributed by atoms with Gasteiger partial charge < -0.3 is 20.3 Å². The number of nitrogens with one attached hydrogen (secondary N) is 1. The van der Waals surface area contributed by atoms with Gasteiger partial charge in [-0.15, -0.1) is 10.2 Å². The Hall–Kier alpha value is -1.89. The van der Waals surface area contributed by atoms with Crippen LogP contribution in [-0.2, 0) is 17.8 Å². The Morgan fingerprint density at radius 1 is 1.15 bits per heavy atom. The summed E-state index contributed by atoms with van der Waals surface area (Å²) >= 11 is 5.95. The molecule has 1 aliphatic carbocycles. The van der Waals surface area contributed by atoms with Crippen LogP contribution >= 0.6 is 11.6 Å². The lowest BCUT2D eigenvalue weighted by Gasteiger charge is -2.30. The zero-order chi connectivity index (χ0) is 18.1. The second-order valence-corrected chi connectivity index (χ2v) is 7.36. The van der Waals surface area contributed by atoms with Crippen molar-refractivity contribution in [1.29, 1.82) is 0 Å². The highest BCUT2D eigenvalue weighted by Crippen LogP contribution is 2.36. The molecule has 2 heterocycles. The Morgan fingerprint density at radius 3 is 2.81 bits per heavy atom. The second kappa shape index (κ2) is 7.39. The third-order valence-corrected chi connectivity index (χ3v) is 5.43. The van der Waals surface area contributed by atoms with Gasteiger partial charge in [0, 0.05) is 16.1 Å². The summed E-state index contributed by atoms with van der Waals surface area (Å²) in [7, 11) is 0. The second-order valence-electron chi connectivity index (χ2n) is 6.92. The standard InChI is InChI=1S/C19H22ClN3O3/c20-11-5-6-13(17(25)9-11)18-12-7-8-26-10-14(12)19(23-22-18)21-15-3-1-2-4-16(15)24/h5-6,9,15-16,24-25H,1-4,7-8,10H2,(H,21,23)/t15-,16-/m1/s1. The van der Waals surface area contributed by atoms with E-state index in [2.05, 4.69) is 15.5 Å². The number of hydrogen-bond acceptors (Lipinski definition) is 6. The van der Waals surface area contributed by atoms with Gasteiger partial charge in [0.1, 0.15) is 11.4 Å². The number of fused-ring (bicyclic) bond motifs is 1. The van der Waals surface area contributed by atoms with Crippen molar-refractivity contribution in [3.05, 3.63) is 34.3 Å². The first kappa shape index (κ1) is 17.5. The van der Waals surface area contributed by atoms with Crippen molar-refractivity contribution in [2.24, 2.45) is 0 Å². The third kappa shape index (κ3) is 3.37. The van der Waals surface area contributed by atoms with E-state index in [1.807, 2.05) is 0 Å². The zero-order valence-electron chi connectivity index (χ0n) is 14.4. The number of phenolic OH excluding ortho intramolecular Hbond substituents is 1. The number of aliphatic hydroxyl groups excluding tert-OH is 1. The van der Waals surface area contributed by atoms with Crippen LogP contribution in [0.4, 0.5) is 5.82 Å². The van der Waals surface area contributed by atoms with Crippen molar-refractivity contribution in [2.75, 3.05) is 11.9 Å². The fourth-order valence-electron chi connectivity index (χ4n) is 3.77. The molecule has 1 aromatic carbocycles. The van der Waals surface area contributed by atoms with Gasteiger partial charge in [0.15, 0.2) is 5.82 Å². The van der Waals surface area contributed by atoms with Gasteiger partial charge in [0.05, 0.1) is 25.4 Å². The summed E-state index contributed by atoms with van der Waals surface area (Å²) < 4.78 is 5.64. The maximum Gasteiger partial charge on any atom is 0.154 e. The number of phenols is 1. The number of halogens is 1. The number of nitrogens with zero attached hydrogens (tertiary/aromatic N) is 2. The van der Waals surface area contributed by atoms with E-state index < -0.39 is 0 Å². The molecule has 0 bridgehead atoms. The van der Waals surface area contributed by atoms with E-state index in [1.165, 1.54) is 6.07 Å². The Labute approximate surface area is 157 Å². The molecule has 0 spiro atoms. The maximum atomic E-state index is 10.3. The first-order chi connectivity index (χ1) is 12.6. The van der Waals surface area contributed by atoms with E-state index in [4.69, 9.17) is 16.3 Å². The van der Waals surface area contributed by atoms with Gasteiger partial charge in [0.25, 0.3) is 0 Å². The number of benzene rings is 1. The number of anilines is 1. The van der Waals surface area contributed by atoms with Crippen LogP contribution < -0.4 is 5.32 Å². The van der Waals surface area contributed by atoms with E-state index in [1.54, 1.807) is 12.1 Å². The van der Waals surface area contributed by atoms with Gasteiger partial charge in [-0.2, -0.15) is 0 Å². The fraction of sp³-hybridized carbons (Fsp3) is 0.474. The van der Waals surface area contributed by atoms with Crippen molar-refractivity contribution < 1.29 is 14.9 Å². The summed E-state index contributed by atoms with van der Waals surface area (Å²) in [6, 6.07) is 4.98. The lowest BCUT2D eigenvalue weighted by molar-refractivity contribution is 0.108. The van der Waals surface area contributed by atoms with Gasteiger partial charge in [-0.3, -0.25) is 0 Å². The van der Waals surface area contributed by atoms with Crippen LogP contribution in [0.2, 0.25) is 5.02 Å². The van der Waals surface area contributed by atoms with Crippen molar-refractivity contribution >= 4 is 17.4 Å². The number of aromatic hydroxyl groups is 1. The molecule has 2 atom stereocenters. The highest BCUT2D eigenvalue weighted by molar-refractivity contribution is 6.30. The average molecular weight is 376 g/mol. The molecule has 1 saturated carbocycles. The summed E-state index contributed by atoms with van der Waals surface area (Å²) in [5.74, 6) is 0.756. The van der Waals surface area contributed by atoms with Crippen LogP contribution in [0.25, 0.3) is 11.3 Å². The average Bonchev–Trinajstić information content (AvgIpc) is 2.64. The molecule has 138 valence electrons. The van der Waals surface area contributed by atoms with E-state index in [9.17, 15) is 10.2 Å². The van der Waals surface area contributed by atoms with Crippen molar-refractivity contribution in [3.8, 4) is 17.0 Å². The first-order valence-electron chi connectivity index (χ1n) is 9.03. The van der Waals surface area contributed by atoms with Crippen LogP contribution in [0.3, 0.4) is 0 Å². The van der Waals surface area contributed by atoms with Crippen LogP contribution in [0.5, 0.6) is 5.75 Å². The number of aromatic nitrogens is 2. The van der Waals surface area contributed by atoms with E-state index in [0.29, 0.717) is 41.7 Å².